The van der Waals surface area contributed by atoms with Gasteiger partial charge < -0.3 is 5.32 Å². The molecule has 0 saturated carbocycles. The third-order valence-electron chi connectivity index (χ3n) is 2.58. The SMILES string of the molecule is Cc1cccc(CNCc2ccc(Cl)cc2F)n1. The molecule has 0 aliphatic heterocycles. The zero-order valence-electron chi connectivity index (χ0n) is 10.1. The largest absolute Gasteiger partial charge is 0.307 e. The van der Waals surface area contributed by atoms with Crippen LogP contribution < -0.4 is 5.32 Å². The Morgan fingerprint density at radius 1 is 1.22 bits per heavy atom. The van der Waals surface area contributed by atoms with Crippen molar-refractivity contribution in [2.75, 3.05) is 0 Å². The first-order valence-corrected chi connectivity index (χ1v) is 6.10. The lowest BCUT2D eigenvalue weighted by Gasteiger charge is -2.06. The molecular formula is C14H14ClFN2. The molecule has 0 unspecified atom stereocenters. The van der Waals surface area contributed by atoms with Crippen LogP contribution in [0.4, 0.5) is 4.39 Å². The standard InChI is InChI=1S/C14H14ClFN2/c1-10-3-2-4-13(18-10)9-17-8-11-5-6-12(15)7-14(11)16/h2-7,17H,8-9H2,1H3. The van der Waals surface area contributed by atoms with Crippen LogP contribution in [0.2, 0.25) is 5.02 Å². The van der Waals surface area contributed by atoms with Gasteiger partial charge in [0.15, 0.2) is 0 Å². The molecule has 0 radical (unpaired) electrons. The van der Waals surface area contributed by atoms with E-state index in [4.69, 9.17) is 11.6 Å². The van der Waals surface area contributed by atoms with Gasteiger partial charge >= 0.3 is 0 Å². The van der Waals surface area contributed by atoms with E-state index in [-0.39, 0.29) is 5.82 Å². The molecule has 4 heteroatoms. The van der Waals surface area contributed by atoms with Gasteiger partial charge in [0.2, 0.25) is 0 Å². The van der Waals surface area contributed by atoms with E-state index in [1.165, 1.54) is 6.07 Å². The number of benzene rings is 1. The van der Waals surface area contributed by atoms with E-state index in [1.807, 2.05) is 25.1 Å². The van der Waals surface area contributed by atoms with Gasteiger partial charge in [0.05, 0.1) is 5.69 Å². The van der Waals surface area contributed by atoms with Crippen molar-refractivity contribution >= 4 is 11.6 Å². The summed E-state index contributed by atoms with van der Waals surface area (Å²) in [6.45, 7) is 3.02. The number of rotatable bonds is 4. The molecule has 1 heterocycles. The third kappa shape index (κ3) is 3.52. The average molecular weight is 265 g/mol. The van der Waals surface area contributed by atoms with E-state index in [0.29, 0.717) is 23.7 Å². The molecule has 1 aromatic carbocycles. The minimum absolute atomic E-state index is 0.285. The second kappa shape index (κ2) is 5.94. The van der Waals surface area contributed by atoms with Crippen molar-refractivity contribution in [3.63, 3.8) is 0 Å². The van der Waals surface area contributed by atoms with Crippen LogP contribution in [0.25, 0.3) is 0 Å². The number of hydrogen-bond donors (Lipinski definition) is 1. The molecule has 94 valence electrons. The summed E-state index contributed by atoms with van der Waals surface area (Å²) in [5, 5.41) is 3.57. The third-order valence-corrected chi connectivity index (χ3v) is 2.82. The highest BCUT2D eigenvalue weighted by molar-refractivity contribution is 6.30. The molecule has 2 nitrogen and oxygen atoms in total. The summed E-state index contributed by atoms with van der Waals surface area (Å²) in [4.78, 5) is 4.36. The number of nitrogens with one attached hydrogen (secondary N) is 1. The minimum Gasteiger partial charge on any atom is -0.307 e. The number of halogens is 2. The Kier molecular flexibility index (Phi) is 4.28. The molecule has 1 N–H and O–H groups in total. The summed E-state index contributed by atoms with van der Waals surface area (Å²) < 4.78 is 13.5. The molecule has 0 fully saturated rings. The smallest absolute Gasteiger partial charge is 0.129 e. The first-order chi connectivity index (χ1) is 8.65. The van der Waals surface area contributed by atoms with Crippen molar-refractivity contribution in [2.24, 2.45) is 0 Å². The fraction of sp³-hybridized carbons (Fsp3) is 0.214. The topological polar surface area (TPSA) is 24.9 Å². The number of aromatic nitrogens is 1. The van der Waals surface area contributed by atoms with Crippen molar-refractivity contribution in [1.82, 2.24) is 10.3 Å². The molecule has 0 amide bonds. The maximum Gasteiger partial charge on any atom is 0.129 e. The van der Waals surface area contributed by atoms with Crippen molar-refractivity contribution in [2.45, 2.75) is 20.0 Å². The van der Waals surface area contributed by atoms with Crippen LogP contribution in [0.15, 0.2) is 36.4 Å². The van der Waals surface area contributed by atoms with Gasteiger partial charge in [0.25, 0.3) is 0 Å². The summed E-state index contributed by atoms with van der Waals surface area (Å²) in [5.41, 5.74) is 2.53. The van der Waals surface area contributed by atoms with Crippen LogP contribution in [-0.4, -0.2) is 4.98 Å². The Bertz CT molecular complexity index is 543. The Morgan fingerprint density at radius 3 is 2.78 bits per heavy atom. The number of nitrogens with zero attached hydrogens (tertiary/aromatic N) is 1. The Balaban J connectivity index is 1.92. The van der Waals surface area contributed by atoms with Crippen LogP contribution in [-0.2, 0) is 13.1 Å². The average Bonchev–Trinajstić information content (AvgIpc) is 2.32. The highest BCUT2D eigenvalue weighted by Gasteiger charge is 2.02. The van der Waals surface area contributed by atoms with Crippen molar-refractivity contribution in [1.29, 1.82) is 0 Å². The van der Waals surface area contributed by atoms with Gasteiger partial charge in [-0.25, -0.2) is 4.39 Å². The van der Waals surface area contributed by atoms with E-state index < -0.39 is 0 Å². The van der Waals surface area contributed by atoms with Crippen molar-refractivity contribution < 1.29 is 4.39 Å². The number of hydrogen-bond acceptors (Lipinski definition) is 2. The van der Waals surface area contributed by atoms with E-state index >= 15 is 0 Å². The van der Waals surface area contributed by atoms with E-state index in [1.54, 1.807) is 12.1 Å². The predicted molar refractivity (Wildman–Crippen MR) is 70.9 cm³/mol. The summed E-state index contributed by atoms with van der Waals surface area (Å²) in [6, 6.07) is 10.5. The summed E-state index contributed by atoms with van der Waals surface area (Å²) >= 11 is 5.69. The van der Waals surface area contributed by atoms with Crippen LogP contribution in [0.3, 0.4) is 0 Å². The van der Waals surface area contributed by atoms with E-state index in [9.17, 15) is 4.39 Å². The molecule has 0 bridgehead atoms. The highest BCUT2D eigenvalue weighted by atomic mass is 35.5. The molecule has 0 spiro atoms. The molecule has 2 rings (SSSR count). The molecule has 0 aliphatic rings. The molecular weight excluding hydrogens is 251 g/mol. The molecule has 18 heavy (non-hydrogen) atoms. The lowest BCUT2D eigenvalue weighted by Crippen LogP contribution is -2.14. The summed E-state index contributed by atoms with van der Waals surface area (Å²) in [6.07, 6.45) is 0. The molecule has 1 aromatic heterocycles. The molecule has 0 aliphatic carbocycles. The maximum atomic E-state index is 13.5. The lowest BCUT2D eigenvalue weighted by molar-refractivity contribution is 0.585. The quantitative estimate of drug-likeness (QED) is 0.915. The van der Waals surface area contributed by atoms with Crippen molar-refractivity contribution in [3.8, 4) is 0 Å². The van der Waals surface area contributed by atoms with Gasteiger partial charge in [-0.05, 0) is 31.2 Å². The monoisotopic (exact) mass is 264 g/mol. The van der Waals surface area contributed by atoms with Gasteiger partial charge in [-0.15, -0.1) is 0 Å². The molecule has 2 aromatic rings. The van der Waals surface area contributed by atoms with Gasteiger partial charge in [-0.1, -0.05) is 23.7 Å². The van der Waals surface area contributed by atoms with Crippen molar-refractivity contribution in [3.05, 3.63) is 64.2 Å². The molecule has 0 atom stereocenters. The molecule has 0 saturated heterocycles. The van der Waals surface area contributed by atoms with Gasteiger partial charge in [0.1, 0.15) is 5.82 Å². The normalized spacial score (nSPS) is 10.6. The second-order valence-corrected chi connectivity index (χ2v) is 4.55. The first-order valence-electron chi connectivity index (χ1n) is 5.72. The maximum absolute atomic E-state index is 13.5. The van der Waals surface area contributed by atoms with E-state index in [2.05, 4.69) is 10.3 Å². The lowest BCUT2D eigenvalue weighted by atomic mass is 10.2. The van der Waals surface area contributed by atoms with Gasteiger partial charge in [0, 0.05) is 29.4 Å². The number of aryl methyl sites for hydroxylation is 1. The van der Waals surface area contributed by atoms with Crippen LogP contribution in [0.5, 0.6) is 0 Å². The fourth-order valence-electron chi connectivity index (χ4n) is 1.69. The second-order valence-electron chi connectivity index (χ2n) is 4.11. The zero-order valence-corrected chi connectivity index (χ0v) is 10.8. The highest BCUT2D eigenvalue weighted by Crippen LogP contribution is 2.14. The van der Waals surface area contributed by atoms with E-state index in [0.717, 1.165) is 11.4 Å². The minimum atomic E-state index is -0.285. The Labute approximate surface area is 111 Å². The van der Waals surface area contributed by atoms with Gasteiger partial charge in [-0.2, -0.15) is 0 Å². The summed E-state index contributed by atoms with van der Waals surface area (Å²) in [7, 11) is 0. The summed E-state index contributed by atoms with van der Waals surface area (Å²) in [5.74, 6) is -0.285. The number of pyridine rings is 1. The zero-order chi connectivity index (χ0) is 13.0. The van der Waals surface area contributed by atoms with Crippen LogP contribution >= 0.6 is 11.6 Å². The fourth-order valence-corrected chi connectivity index (χ4v) is 1.85. The van der Waals surface area contributed by atoms with Crippen LogP contribution in [0, 0.1) is 12.7 Å². The van der Waals surface area contributed by atoms with Gasteiger partial charge in [-0.3, -0.25) is 4.98 Å². The Hall–Kier alpha value is -1.45. The van der Waals surface area contributed by atoms with Crippen LogP contribution in [0.1, 0.15) is 17.0 Å². The first kappa shape index (κ1) is 13.0. The Morgan fingerprint density at radius 2 is 2.06 bits per heavy atom. The predicted octanol–water partition coefficient (Wildman–Crippen LogP) is 3.47.